The number of fused-ring (bicyclic) bond motifs is 3. The fraction of sp³-hybridized carbons (Fsp3) is 0.316. The molecule has 2 atom stereocenters. The lowest BCUT2D eigenvalue weighted by Gasteiger charge is -2.36. The second-order valence-corrected chi connectivity index (χ2v) is 7.88. The van der Waals surface area contributed by atoms with Crippen LogP contribution < -0.4 is 0 Å². The van der Waals surface area contributed by atoms with Crippen molar-refractivity contribution in [1.82, 2.24) is 4.90 Å². The van der Waals surface area contributed by atoms with E-state index < -0.39 is 5.60 Å². The van der Waals surface area contributed by atoms with Crippen molar-refractivity contribution < 1.29 is 9.53 Å². The number of nitrogens with zero attached hydrogens (tertiary/aromatic N) is 1. The molecule has 3 nitrogen and oxygen atoms in total. The van der Waals surface area contributed by atoms with Crippen molar-refractivity contribution in [3.05, 3.63) is 68.7 Å². The molecule has 124 valence electrons. The molecule has 0 N–H and O–H groups in total. The van der Waals surface area contributed by atoms with Crippen LogP contribution in [0.2, 0.25) is 5.02 Å². The number of hydrogen-bond acceptors (Lipinski definition) is 2. The average Bonchev–Trinajstić information content (AvgIpc) is 2.83. The Balaban J connectivity index is 1.70. The van der Waals surface area contributed by atoms with Gasteiger partial charge in [-0.05, 0) is 40.0 Å². The van der Waals surface area contributed by atoms with Crippen LogP contribution in [0.4, 0.5) is 0 Å². The van der Waals surface area contributed by atoms with E-state index in [1.807, 2.05) is 54.3 Å². The summed E-state index contributed by atoms with van der Waals surface area (Å²) >= 11 is 9.86. The number of ether oxygens (including phenoxy) is 1. The summed E-state index contributed by atoms with van der Waals surface area (Å²) in [5.41, 5.74) is 2.54. The van der Waals surface area contributed by atoms with Gasteiger partial charge in [0.15, 0.2) is 0 Å². The van der Waals surface area contributed by atoms with Gasteiger partial charge in [-0.1, -0.05) is 48.0 Å². The highest BCUT2D eigenvalue weighted by Crippen LogP contribution is 2.48. The number of carbonyl (C=O) groups excluding carboxylic acids is 1. The predicted octanol–water partition coefficient (Wildman–Crippen LogP) is 4.52. The van der Waals surface area contributed by atoms with E-state index >= 15 is 0 Å². The molecule has 5 heteroatoms. The lowest BCUT2D eigenvalue weighted by atomic mass is 9.81. The number of carbonyl (C=O) groups is 1. The number of rotatable bonds is 2. The van der Waals surface area contributed by atoms with Gasteiger partial charge in [-0.2, -0.15) is 0 Å². The quantitative estimate of drug-likeness (QED) is 0.734. The second kappa shape index (κ2) is 5.87. The summed E-state index contributed by atoms with van der Waals surface area (Å²) < 4.78 is 6.96. The SMILES string of the molecule is C[C@]12CN(Cc3ccccc3)C(=O)[C@H]1c1ccc(Br)c(Cl)c1CO2. The molecule has 4 rings (SSSR count). The zero-order valence-electron chi connectivity index (χ0n) is 13.3. The Kier molecular flexibility index (Phi) is 3.94. The summed E-state index contributed by atoms with van der Waals surface area (Å²) in [5.74, 6) is -0.184. The van der Waals surface area contributed by atoms with E-state index in [2.05, 4.69) is 15.9 Å². The average molecular weight is 407 g/mol. The van der Waals surface area contributed by atoms with Crippen molar-refractivity contribution in [3.8, 4) is 0 Å². The van der Waals surface area contributed by atoms with Gasteiger partial charge in [0.2, 0.25) is 5.91 Å². The van der Waals surface area contributed by atoms with Crippen molar-refractivity contribution in [2.24, 2.45) is 0 Å². The Labute approximate surface area is 154 Å². The third kappa shape index (κ3) is 2.48. The van der Waals surface area contributed by atoms with E-state index in [1.54, 1.807) is 0 Å². The number of benzene rings is 2. The van der Waals surface area contributed by atoms with Crippen molar-refractivity contribution in [2.75, 3.05) is 6.54 Å². The van der Waals surface area contributed by atoms with Crippen LogP contribution in [0.25, 0.3) is 0 Å². The zero-order chi connectivity index (χ0) is 16.9. The smallest absolute Gasteiger partial charge is 0.233 e. The van der Waals surface area contributed by atoms with Gasteiger partial charge in [0.1, 0.15) is 0 Å². The predicted molar refractivity (Wildman–Crippen MR) is 96.9 cm³/mol. The van der Waals surface area contributed by atoms with Crippen molar-refractivity contribution >= 4 is 33.4 Å². The minimum absolute atomic E-state index is 0.112. The lowest BCUT2D eigenvalue weighted by molar-refractivity contribution is -0.131. The van der Waals surface area contributed by atoms with Gasteiger partial charge in [-0.15, -0.1) is 0 Å². The minimum Gasteiger partial charge on any atom is -0.368 e. The normalized spacial score (nSPS) is 25.5. The van der Waals surface area contributed by atoms with E-state index in [1.165, 1.54) is 0 Å². The van der Waals surface area contributed by atoms with Crippen LogP contribution in [0.15, 0.2) is 46.9 Å². The lowest BCUT2D eigenvalue weighted by Crippen LogP contribution is -2.40. The van der Waals surface area contributed by atoms with Gasteiger partial charge in [-0.25, -0.2) is 0 Å². The highest BCUT2D eigenvalue weighted by atomic mass is 79.9. The molecule has 1 fully saturated rings. The largest absolute Gasteiger partial charge is 0.368 e. The molecule has 1 amide bonds. The van der Waals surface area contributed by atoms with Gasteiger partial charge in [0.05, 0.1) is 29.7 Å². The van der Waals surface area contributed by atoms with Crippen LogP contribution in [0.1, 0.15) is 29.5 Å². The molecule has 0 radical (unpaired) electrons. The first-order valence-corrected chi connectivity index (χ1v) is 9.10. The van der Waals surface area contributed by atoms with Crippen LogP contribution in [0, 0.1) is 0 Å². The minimum atomic E-state index is -0.504. The monoisotopic (exact) mass is 405 g/mol. The molecular weight excluding hydrogens is 390 g/mol. The molecule has 2 aromatic rings. The van der Waals surface area contributed by atoms with Crippen LogP contribution >= 0.6 is 27.5 Å². The summed E-state index contributed by atoms with van der Waals surface area (Å²) in [5, 5.41) is 0.642. The van der Waals surface area contributed by atoms with Gasteiger partial charge in [-0.3, -0.25) is 4.79 Å². The van der Waals surface area contributed by atoms with Gasteiger partial charge >= 0.3 is 0 Å². The number of likely N-dealkylation sites (tertiary alicyclic amines) is 1. The Hall–Kier alpha value is -1.36. The molecule has 0 unspecified atom stereocenters. The maximum absolute atomic E-state index is 13.1. The Morgan fingerprint density at radius 3 is 2.79 bits per heavy atom. The maximum Gasteiger partial charge on any atom is 0.233 e. The van der Waals surface area contributed by atoms with E-state index in [-0.39, 0.29) is 11.8 Å². The molecule has 2 aliphatic rings. The fourth-order valence-electron chi connectivity index (χ4n) is 3.78. The van der Waals surface area contributed by atoms with Crippen LogP contribution in [0.5, 0.6) is 0 Å². The van der Waals surface area contributed by atoms with Crippen LogP contribution in [-0.4, -0.2) is 23.0 Å². The number of halogens is 2. The summed E-state index contributed by atoms with van der Waals surface area (Å²) in [4.78, 5) is 15.0. The molecule has 2 aromatic carbocycles. The molecule has 0 bridgehead atoms. The van der Waals surface area contributed by atoms with Crippen molar-refractivity contribution in [3.63, 3.8) is 0 Å². The van der Waals surface area contributed by atoms with E-state index in [4.69, 9.17) is 16.3 Å². The second-order valence-electron chi connectivity index (χ2n) is 6.64. The van der Waals surface area contributed by atoms with Gasteiger partial charge in [0.25, 0.3) is 0 Å². The van der Waals surface area contributed by atoms with E-state index in [0.717, 1.165) is 21.2 Å². The van der Waals surface area contributed by atoms with Crippen molar-refractivity contribution in [2.45, 2.75) is 31.6 Å². The highest BCUT2D eigenvalue weighted by Gasteiger charge is 2.53. The standard InChI is InChI=1S/C19H17BrClNO2/c1-19-11-22(9-12-5-3-2-4-6-12)18(23)16(19)13-7-8-15(20)17(21)14(13)10-24-19/h2-8,16H,9-11H2,1H3/t16-,19+/m1/s1. The molecular formula is C19H17BrClNO2. The van der Waals surface area contributed by atoms with Crippen LogP contribution in [-0.2, 0) is 22.7 Å². The van der Waals surface area contributed by atoms with Crippen molar-refractivity contribution in [1.29, 1.82) is 0 Å². The molecule has 0 spiro atoms. The first-order chi connectivity index (χ1) is 11.5. The van der Waals surface area contributed by atoms with Crippen LogP contribution in [0.3, 0.4) is 0 Å². The first-order valence-electron chi connectivity index (χ1n) is 7.93. The van der Waals surface area contributed by atoms with E-state index in [9.17, 15) is 4.79 Å². The molecule has 2 heterocycles. The Morgan fingerprint density at radius 2 is 2.04 bits per heavy atom. The van der Waals surface area contributed by atoms with Gasteiger partial charge in [0, 0.05) is 16.6 Å². The molecule has 0 saturated carbocycles. The number of hydrogen-bond donors (Lipinski definition) is 0. The summed E-state index contributed by atoms with van der Waals surface area (Å²) in [6.07, 6.45) is 0. The van der Waals surface area contributed by atoms with E-state index in [0.29, 0.717) is 24.7 Å². The third-order valence-electron chi connectivity index (χ3n) is 4.98. The fourth-order valence-corrected chi connectivity index (χ4v) is 4.38. The maximum atomic E-state index is 13.1. The number of amides is 1. The molecule has 0 aliphatic carbocycles. The molecule has 0 aromatic heterocycles. The Morgan fingerprint density at radius 1 is 1.29 bits per heavy atom. The Bertz CT molecular complexity index is 811. The van der Waals surface area contributed by atoms with Gasteiger partial charge < -0.3 is 9.64 Å². The summed E-state index contributed by atoms with van der Waals surface area (Å²) in [6.45, 7) is 3.67. The third-order valence-corrected chi connectivity index (χ3v) is 6.30. The molecule has 1 saturated heterocycles. The molecule has 24 heavy (non-hydrogen) atoms. The first kappa shape index (κ1) is 16.1. The molecule has 2 aliphatic heterocycles. The topological polar surface area (TPSA) is 29.5 Å². The zero-order valence-corrected chi connectivity index (χ0v) is 15.6. The summed E-state index contributed by atoms with van der Waals surface area (Å²) in [6, 6.07) is 14.0. The summed E-state index contributed by atoms with van der Waals surface area (Å²) in [7, 11) is 0. The highest BCUT2D eigenvalue weighted by molar-refractivity contribution is 9.10.